The number of benzene rings is 1. The van der Waals surface area contributed by atoms with Gasteiger partial charge in [-0.2, -0.15) is 18.2 Å². The van der Waals surface area contributed by atoms with E-state index in [1.165, 1.54) is 6.20 Å². The molecule has 1 aliphatic heterocycles. The summed E-state index contributed by atoms with van der Waals surface area (Å²) in [6.07, 6.45) is 1.03. The number of hydrogen-bond donors (Lipinski definition) is 3. The van der Waals surface area contributed by atoms with E-state index in [9.17, 15) is 21.6 Å². The van der Waals surface area contributed by atoms with E-state index in [1.807, 2.05) is 18.2 Å². The molecule has 9 nitrogen and oxygen atoms in total. The number of aromatic nitrogens is 2. The lowest BCUT2D eigenvalue weighted by Crippen LogP contribution is -2.48. The Kier molecular flexibility index (Phi) is 9.58. The molecule has 2 aliphatic rings. The quantitative estimate of drug-likeness (QED) is 0.400. The van der Waals surface area contributed by atoms with Gasteiger partial charge in [-0.05, 0) is 48.9 Å². The monoisotopic (exact) mass is 590 g/mol. The van der Waals surface area contributed by atoms with Crippen molar-refractivity contribution in [2.75, 3.05) is 43.6 Å². The first kappa shape index (κ1) is 29.8. The number of alkyl halides is 3. The Balaban J connectivity index is 1.43. The summed E-state index contributed by atoms with van der Waals surface area (Å²) in [7, 11) is -2.28. The second kappa shape index (κ2) is 12.5. The standard InChI is InChI=1S/C25H34ClF3N6O3S/c1-38-22(25(27,28)29)15-35-11-9-16-7-8-18(13-17(16)10-12-35)31-24-30-14-19(26)23(33-24)32-20-5-3-4-6-21(20)34-39(2,36)37/h7-8,13-14,20-22,34H,3-6,9-12,15H2,1-2H3,(H2,30,31,32,33)/t20-,21-,22?/m1/s1. The Hall–Kier alpha value is -2.19. The van der Waals surface area contributed by atoms with Gasteiger partial charge in [0.15, 0.2) is 11.9 Å². The van der Waals surface area contributed by atoms with Crippen molar-refractivity contribution in [1.82, 2.24) is 19.6 Å². The third kappa shape index (κ3) is 8.40. The molecule has 1 unspecified atom stereocenters. The average molecular weight is 591 g/mol. The predicted molar refractivity (Wildman–Crippen MR) is 145 cm³/mol. The minimum atomic E-state index is -4.40. The maximum absolute atomic E-state index is 13.2. The van der Waals surface area contributed by atoms with Crippen LogP contribution in [0.3, 0.4) is 0 Å². The molecule has 1 aliphatic carbocycles. The van der Waals surface area contributed by atoms with Crippen LogP contribution in [0.15, 0.2) is 24.4 Å². The number of sulfonamides is 1. The zero-order valence-electron chi connectivity index (χ0n) is 21.9. The van der Waals surface area contributed by atoms with Crippen molar-refractivity contribution in [3.05, 3.63) is 40.5 Å². The molecular formula is C25H34ClF3N6O3S. The molecule has 3 N–H and O–H groups in total. The van der Waals surface area contributed by atoms with Gasteiger partial charge in [0.05, 0.1) is 12.5 Å². The summed E-state index contributed by atoms with van der Waals surface area (Å²) in [6, 6.07) is 5.39. The minimum absolute atomic E-state index is 0.167. The highest BCUT2D eigenvalue weighted by atomic mass is 35.5. The topological polar surface area (TPSA) is 108 Å². The van der Waals surface area contributed by atoms with E-state index in [0.29, 0.717) is 49.1 Å². The lowest BCUT2D eigenvalue weighted by molar-refractivity contribution is -0.216. The lowest BCUT2D eigenvalue weighted by atomic mass is 9.91. The van der Waals surface area contributed by atoms with Gasteiger partial charge in [0.2, 0.25) is 16.0 Å². The summed E-state index contributed by atoms with van der Waals surface area (Å²) in [6.45, 7) is 0.804. The first-order valence-electron chi connectivity index (χ1n) is 12.9. The Morgan fingerprint density at radius 1 is 1.15 bits per heavy atom. The average Bonchev–Trinajstić information content (AvgIpc) is 3.06. The van der Waals surface area contributed by atoms with Gasteiger partial charge in [0.25, 0.3) is 0 Å². The van der Waals surface area contributed by atoms with Crippen molar-refractivity contribution in [1.29, 1.82) is 0 Å². The number of nitrogens with one attached hydrogen (secondary N) is 3. The van der Waals surface area contributed by atoms with Crippen molar-refractivity contribution in [2.24, 2.45) is 0 Å². The fourth-order valence-electron chi connectivity index (χ4n) is 5.13. The molecule has 2 heterocycles. The second-order valence-corrected chi connectivity index (χ2v) is 12.3. The summed E-state index contributed by atoms with van der Waals surface area (Å²) in [5.41, 5.74) is 2.88. The van der Waals surface area contributed by atoms with E-state index in [-0.39, 0.29) is 18.6 Å². The largest absolute Gasteiger partial charge is 0.415 e. The smallest absolute Gasteiger partial charge is 0.371 e. The van der Waals surface area contributed by atoms with Gasteiger partial charge in [0, 0.05) is 44.5 Å². The normalized spacial score (nSPS) is 21.6. The van der Waals surface area contributed by atoms with Gasteiger partial charge in [-0.15, -0.1) is 0 Å². The van der Waals surface area contributed by atoms with Crippen LogP contribution in [0.4, 0.5) is 30.6 Å². The van der Waals surface area contributed by atoms with Crippen LogP contribution in [0.25, 0.3) is 0 Å². The molecule has 0 amide bonds. The number of fused-ring (bicyclic) bond motifs is 1. The molecule has 39 heavy (non-hydrogen) atoms. The zero-order chi connectivity index (χ0) is 28.2. The Bertz CT molecular complexity index is 1250. The minimum Gasteiger partial charge on any atom is -0.371 e. The molecule has 2 aromatic rings. The maximum atomic E-state index is 13.2. The Morgan fingerprint density at radius 2 is 1.85 bits per heavy atom. The number of hydrogen-bond acceptors (Lipinski definition) is 8. The van der Waals surface area contributed by atoms with E-state index >= 15 is 0 Å². The summed E-state index contributed by atoms with van der Waals surface area (Å²) in [5.74, 6) is 0.720. The molecule has 1 aromatic carbocycles. The summed E-state index contributed by atoms with van der Waals surface area (Å²) in [4.78, 5) is 10.6. The van der Waals surface area contributed by atoms with Gasteiger partial charge < -0.3 is 15.4 Å². The molecule has 1 fully saturated rings. The molecule has 216 valence electrons. The highest BCUT2D eigenvalue weighted by Crippen LogP contribution is 2.29. The first-order chi connectivity index (χ1) is 18.4. The molecule has 4 rings (SSSR count). The van der Waals surface area contributed by atoms with Crippen molar-refractivity contribution in [3.8, 4) is 0 Å². The number of nitrogens with zero attached hydrogens (tertiary/aromatic N) is 3. The fourth-order valence-corrected chi connectivity index (χ4v) is 6.11. The number of halogens is 4. The summed E-state index contributed by atoms with van der Waals surface area (Å²) in [5, 5.41) is 6.80. The SMILES string of the molecule is COC(CN1CCc2ccc(Nc3ncc(Cl)c(N[C@@H]4CCCC[C@H]4NS(C)(=O)=O)n3)cc2CC1)C(F)(F)F. The van der Waals surface area contributed by atoms with Gasteiger partial charge >= 0.3 is 6.18 Å². The van der Waals surface area contributed by atoms with Crippen LogP contribution < -0.4 is 15.4 Å². The van der Waals surface area contributed by atoms with E-state index in [1.54, 1.807) is 4.90 Å². The van der Waals surface area contributed by atoms with Crippen LogP contribution >= 0.6 is 11.6 Å². The molecule has 0 bridgehead atoms. The van der Waals surface area contributed by atoms with Crippen LogP contribution in [0.2, 0.25) is 5.02 Å². The maximum Gasteiger partial charge on any atom is 0.415 e. The fraction of sp³-hybridized carbons (Fsp3) is 0.600. The van der Waals surface area contributed by atoms with E-state index in [4.69, 9.17) is 11.6 Å². The second-order valence-electron chi connectivity index (χ2n) is 10.1. The molecular weight excluding hydrogens is 557 g/mol. The molecule has 0 radical (unpaired) electrons. The van der Waals surface area contributed by atoms with Crippen LogP contribution in [-0.2, 0) is 27.6 Å². The summed E-state index contributed by atoms with van der Waals surface area (Å²) >= 11 is 6.36. The third-order valence-corrected chi connectivity index (χ3v) is 8.14. The predicted octanol–water partition coefficient (Wildman–Crippen LogP) is 4.12. The molecule has 1 aromatic heterocycles. The van der Waals surface area contributed by atoms with Gasteiger partial charge in [0.1, 0.15) is 5.02 Å². The Morgan fingerprint density at radius 3 is 2.51 bits per heavy atom. The van der Waals surface area contributed by atoms with E-state index in [2.05, 4.69) is 30.1 Å². The number of ether oxygens (including phenoxy) is 1. The van der Waals surface area contributed by atoms with Gasteiger partial charge in [-0.1, -0.05) is 30.5 Å². The highest BCUT2D eigenvalue weighted by Gasteiger charge is 2.41. The highest BCUT2D eigenvalue weighted by molar-refractivity contribution is 7.88. The third-order valence-electron chi connectivity index (χ3n) is 7.13. The van der Waals surface area contributed by atoms with Crippen molar-refractivity contribution in [2.45, 2.75) is 62.9 Å². The van der Waals surface area contributed by atoms with Crippen molar-refractivity contribution < 1.29 is 26.3 Å². The van der Waals surface area contributed by atoms with Gasteiger partial charge in [-0.25, -0.2) is 18.1 Å². The van der Waals surface area contributed by atoms with Gasteiger partial charge in [-0.3, -0.25) is 4.90 Å². The zero-order valence-corrected chi connectivity index (χ0v) is 23.5. The van der Waals surface area contributed by atoms with Crippen LogP contribution in [0.1, 0.15) is 36.8 Å². The van der Waals surface area contributed by atoms with Crippen LogP contribution in [0, 0.1) is 0 Å². The van der Waals surface area contributed by atoms with E-state index < -0.39 is 22.3 Å². The Labute approximate surface area is 231 Å². The summed E-state index contributed by atoms with van der Waals surface area (Å²) < 4.78 is 70.5. The molecule has 3 atom stereocenters. The van der Waals surface area contributed by atoms with Crippen molar-refractivity contribution in [3.63, 3.8) is 0 Å². The number of rotatable bonds is 9. The molecule has 1 saturated carbocycles. The van der Waals surface area contributed by atoms with Crippen LogP contribution in [-0.4, -0.2) is 80.6 Å². The molecule has 0 spiro atoms. The number of methoxy groups -OCH3 is 1. The lowest BCUT2D eigenvalue weighted by Gasteiger charge is -2.32. The molecule has 14 heteroatoms. The van der Waals surface area contributed by atoms with Crippen molar-refractivity contribution >= 4 is 39.1 Å². The number of anilines is 3. The van der Waals surface area contributed by atoms with E-state index in [0.717, 1.165) is 49.4 Å². The first-order valence-corrected chi connectivity index (χ1v) is 15.2. The molecule has 0 saturated heterocycles. The van der Waals surface area contributed by atoms with Crippen LogP contribution in [0.5, 0.6) is 0 Å².